The number of nitrogens with zero attached hydrogens (tertiary/aromatic N) is 1. The van der Waals surface area contributed by atoms with E-state index in [4.69, 9.17) is 16.7 Å². The molecule has 0 aliphatic carbocycles. The molecule has 3 N–H and O–H groups in total. The number of hydrogen-bond donors (Lipinski definition) is 3. The Labute approximate surface area is 123 Å². The van der Waals surface area contributed by atoms with Gasteiger partial charge in [0.15, 0.2) is 0 Å². The van der Waals surface area contributed by atoms with Gasteiger partial charge in [-0.05, 0) is 18.2 Å². The van der Waals surface area contributed by atoms with E-state index in [0.717, 1.165) is 4.88 Å². The molecular formula is C12H10ClN3O3S. The molecule has 0 bridgehead atoms. The predicted molar refractivity (Wildman–Crippen MR) is 76.4 cm³/mol. The second kappa shape index (κ2) is 6.36. The van der Waals surface area contributed by atoms with Gasteiger partial charge >= 0.3 is 12.0 Å². The van der Waals surface area contributed by atoms with Gasteiger partial charge in [-0.1, -0.05) is 11.6 Å². The van der Waals surface area contributed by atoms with Crippen LogP contribution in [0.15, 0.2) is 29.9 Å². The summed E-state index contributed by atoms with van der Waals surface area (Å²) in [6.45, 7) is 0.362. The first-order valence-electron chi connectivity index (χ1n) is 5.51. The van der Waals surface area contributed by atoms with Crippen molar-refractivity contribution in [1.82, 2.24) is 10.3 Å². The molecule has 1 aromatic heterocycles. The number of hydrogen-bond acceptors (Lipinski definition) is 4. The molecule has 1 heterocycles. The molecule has 20 heavy (non-hydrogen) atoms. The van der Waals surface area contributed by atoms with Crippen molar-refractivity contribution in [3.8, 4) is 0 Å². The first kappa shape index (κ1) is 14.3. The fourth-order valence-electron chi connectivity index (χ4n) is 1.41. The molecule has 0 saturated heterocycles. The van der Waals surface area contributed by atoms with Crippen LogP contribution in [0.25, 0.3) is 0 Å². The van der Waals surface area contributed by atoms with E-state index in [1.807, 2.05) is 0 Å². The summed E-state index contributed by atoms with van der Waals surface area (Å²) in [6.07, 6.45) is 1.67. The van der Waals surface area contributed by atoms with Crippen LogP contribution in [0.3, 0.4) is 0 Å². The number of urea groups is 1. The maximum atomic E-state index is 11.7. The zero-order chi connectivity index (χ0) is 14.5. The summed E-state index contributed by atoms with van der Waals surface area (Å²) < 4.78 is 0. The van der Waals surface area contributed by atoms with Crippen LogP contribution in [0.1, 0.15) is 15.2 Å². The maximum absolute atomic E-state index is 11.7. The average molecular weight is 312 g/mol. The van der Waals surface area contributed by atoms with Gasteiger partial charge in [0.1, 0.15) is 0 Å². The first-order chi connectivity index (χ1) is 9.56. The standard InChI is InChI=1S/C12H10ClN3O3S/c13-9-3-7(11(17)18)1-2-10(9)16-12(19)15-5-8-4-14-6-20-8/h1-4,6H,5H2,(H,17,18)(H2,15,16,19). The third-order valence-corrected chi connectivity index (χ3v) is 3.46. The molecule has 6 nitrogen and oxygen atoms in total. The van der Waals surface area contributed by atoms with Crippen molar-refractivity contribution in [1.29, 1.82) is 0 Å². The van der Waals surface area contributed by atoms with Crippen molar-refractivity contribution in [3.05, 3.63) is 45.4 Å². The molecule has 0 atom stereocenters. The van der Waals surface area contributed by atoms with Gasteiger partial charge in [0.2, 0.25) is 0 Å². The molecule has 0 fully saturated rings. The lowest BCUT2D eigenvalue weighted by molar-refractivity contribution is 0.0697. The quantitative estimate of drug-likeness (QED) is 0.809. The molecular weight excluding hydrogens is 302 g/mol. The fraction of sp³-hybridized carbons (Fsp3) is 0.0833. The highest BCUT2D eigenvalue weighted by Crippen LogP contribution is 2.23. The normalized spacial score (nSPS) is 10.1. The lowest BCUT2D eigenvalue weighted by atomic mass is 10.2. The Kier molecular flexibility index (Phi) is 4.54. The Bertz CT molecular complexity index is 631. The number of carboxylic acids is 1. The van der Waals surface area contributed by atoms with Crippen LogP contribution in [-0.2, 0) is 6.54 Å². The van der Waals surface area contributed by atoms with Gasteiger partial charge in [0, 0.05) is 11.1 Å². The Morgan fingerprint density at radius 1 is 1.40 bits per heavy atom. The molecule has 0 aliphatic heterocycles. The Morgan fingerprint density at radius 3 is 2.80 bits per heavy atom. The van der Waals surface area contributed by atoms with Crippen LogP contribution in [0.4, 0.5) is 10.5 Å². The second-order valence-corrected chi connectivity index (χ2v) is 5.15. The van der Waals surface area contributed by atoms with Gasteiger partial charge in [-0.2, -0.15) is 0 Å². The van der Waals surface area contributed by atoms with Crippen molar-refractivity contribution >= 4 is 40.6 Å². The summed E-state index contributed by atoms with van der Waals surface area (Å²) in [5.74, 6) is -1.08. The third kappa shape index (κ3) is 3.69. The zero-order valence-corrected chi connectivity index (χ0v) is 11.7. The lowest BCUT2D eigenvalue weighted by Gasteiger charge is -2.08. The predicted octanol–water partition coefficient (Wildman–Crippen LogP) is 2.82. The number of anilines is 1. The number of rotatable bonds is 4. The van der Waals surface area contributed by atoms with Crippen molar-refractivity contribution in [2.45, 2.75) is 6.54 Å². The van der Waals surface area contributed by atoms with E-state index in [1.54, 1.807) is 11.7 Å². The van der Waals surface area contributed by atoms with Crippen molar-refractivity contribution < 1.29 is 14.7 Å². The van der Waals surface area contributed by atoms with E-state index in [0.29, 0.717) is 12.2 Å². The average Bonchev–Trinajstić information content (AvgIpc) is 2.91. The molecule has 0 aliphatic rings. The minimum atomic E-state index is -1.08. The van der Waals surface area contributed by atoms with Gasteiger partial charge in [-0.15, -0.1) is 11.3 Å². The largest absolute Gasteiger partial charge is 0.478 e. The summed E-state index contributed by atoms with van der Waals surface area (Å²) in [6, 6.07) is 3.66. The van der Waals surface area contributed by atoms with Gasteiger partial charge in [0.05, 0.1) is 28.3 Å². The smallest absolute Gasteiger partial charge is 0.335 e. The molecule has 0 saturated carbocycles. The molecule has 0 unspecified atom stereocenters. The number of carbonyl (C=O) groups is 2. The van der Waals surface area contributed by atoms with E-state index in [-0.39, 0.29) is 10.6 Å². The number of aromatic carboxylic acids is 1. The number of carbonyl (C=O) groups excluding carboxylic acids is 1. The van der Waals surface area contributed by atoms with Crippen molar-refractivity contribution in [2.75, 3.05) is 5.32 Å². The number of carboxylic acid groups (broad SMARTS) is 1. The summed E-state index contributed by atoms with van der Waals surface area (Å²) in [5.41, 5.74) is 2.08. The van der Waals surface area contributed by atoms with E-state index >= 15 is 0 Å². The molecule has 104 valence electrons. The molecule has 0 radical (unpaired) electrons. The highest BCUT2D eigenvalue weighted by atomic mass is 35.5. The summed E-state index contributed by atoms with van der Waals surface area (Å²) in [7, 11) is 0. The summed E-state index contributed by atoms with van der Waals surface area (Å²) in [4.78, 5) is 27.2. The number of halogens is 1. The third-order valence-electron chi connectivity index (χ3n) is 2.37. The maximum Gasteiger partial charge on any atom is 0.335 e. The SMILES string of the molecule is O=C(NCc1cncs1)Nc1ccc(C(=O)O)cc1Cl. The summed E-state index contributed by atoms with van der Waals surface area (Å²) in [5, 5.41) is 14.2. The van der Waals surface area contributed by atoms with Gasteiger partial charge in [-0.3, -0.25) is 4.98 Å². The minimum Gasteiger partial charge on any atom is -0.478 e. The van der Waals surface area contributed by atoms with E-state index in [2.05, 4.69) is 15.6 Å². The summed E-state index contributed by atoms with van der Waals surface area (Å²) >= 11 is 7.34. The number of benzene rings is 1. The zero-order valence-electron chi connectivity index (χ0n) is 10.1. The molecule has 2 rings (SSSR count). The lowest BCUT2D eigenvalue weighted by Crippen LogP contribution is -2.28. The number of nitrogens with one attached hydrogen (secondary N) is 2. The highest BCUT2D eigenvalue weighted by Gasteiger charge is 2.09. The molecule has 2 aromatic rings. The molecule has 1 aromatic carbocycles. The highest BCUT2D eigenvalue weighted by molar-refractivity contribution is 7.09. The molecule has 0 spiro atoms. The van der Waals surface area contributed by atoms with E-state index in [9.17, 15) is 9.59 Å². The Balaban J connectivity index is 1.95. The van der Waals surface area contributed by atoms with Crippen LogP contribution < -0.4 is 10.6 Å². The number of amides is 2. The van der Waals surface area contributed by atoms with Gasteiger partial charge in [-0.25, -0.2) is 9.59 Å². The van der Waals surface area contributed by atoms with Crippen molar-refractivity contribution in [3.63, 3.8) is 0 Å². The monoisotopic (exact) mass is 311 g/mol. The van der Waals surface area contributed by atoms with Crippen LogP contribution in [0.5, 0.6) is 0 Å². The van der Waals surface area contributed by atoms with Gasteiger partial charge < -0.3 is 15.7 Å². The van der Waals surface area contributed by atoms with Gasteiger partial charge in [0.25, 0.3) is 0 Å². The molecule has 2 amide bonds. The number of thiazole rings is 1. The number of aromatic nitrogens is 1. The van der Waals surface area contributed by atoms with Crippen LogP contribution in [-0.4, -0.2) is 22.1 Å². The topological polar surface area (TPSA) is 91.3 Å². The van der Waals surface area contributed by atoms with E-state index < -0.39 is 12.0 Å². The minimum absolute atomic E-state index is 0.0608. The van der Waals surface area contributed by atoms with Crippen molar-refractivity contribution in [2.24, 2.45) is 0 Å². The Hall–Kier alpha value is -2.12. The molecule has 8 heteroatoms. The van der Waals surface area contributed by atoms with Crippen LogP contribution in [0, 0.1) is 0 Å². The van der Waals surface area contributed by atoms with Crippen LogP contribution in [0.2, 0.25) is 5.02 Å². The first-order valence-corrected chi connectivity index (χ1v) is 6.77. The Morgan fingerprint density at radius 2 is 2.20 bits per heavy atom. The second-order valence-electron chi connectivity index (χ2n) is 3.78. The van der Waals surface area contributed by atoms with E-state index in [1.165, 1.54) is 29.5 Å². The fourth-order valence-corrected chi connectivity index (χ4v) is 2.17. The van der Waals surface area contributed by atoms with Crippen LogP contribution >= 0.6 is 22.9 Å².